The maximum Gasteiger partial charge on any atom is 0.316 e. The van der Waals surface area contributed by atoms with Gasteiger partial charge in [-0.1, -0.05) is 12.1 Å². The van der Waals surface area contributed by atoms with Gasteiger partial charge >= 0.3 is 5.97 Å². The molecule has 0 radical (unpaired) electrons. The Morgan fingerprint density at radius 2 is 2.08 bits per heavy atom. The quantitative estimate of drug-likeness (QED) is 0.430. The minimum atomic E-state index is -0.471. The Kier molecular flexibility index (Phi) is 7.20. The van der Waals surface area contributed by atoms with Crippen LogP contribution in [0.2, 0.25) is 0 Å². The minimum absolute atomic E-state index is 0.00440. The molecule has 2 rings (SSSR count). The SMILES string of the molecule is O=C(CSc1ccccc1F)OCCNC(=O)c1cncc(Br)c1. The second-order valence-electron chi connectivity index (χ2n) is 4.59. The van der Waals surface area contributed by atoms with Gasteiger partial charge in [-0.15, -0.1) is 11.8 Å². The monoisotopic (exact) mass is 412 g/mol. The molecule has 1 aromatic carbocycles. The lowest BCUT2D eigenvalue weighted by Gasteiger charge is -2.07. The first kappa shape index (κ1) is 18.4. The molecule has 8 heteroatoms. The number of nitrogens with one attached hydrogen (secondary N) is 1. The summed E-state index contributed by atoms with van der Waals surface area (Å²) in [6.07, 6.45) is 3.02. The molecule has 0 aliphatic rings. The number of pyridine rings is 1. The molecule has 0 fully saturated rings. The number of esters is 1. The number of hydrogen-bond acceptors (Lipinski definition) is 5. The van der Waals surface area contributed by atoms with E-state index in [1.54, 1.807) is 30.5 Å². The fourth-order valence-electron chi connectivity index (χ4n) is 1.71. The zero-order valence-corrected chi connectivity index (χ0v) is 14.9. The molecule has 2 aromatic rings. The molecule has 0 unspecified atom stereocenters. The highest BCUT2D eigenvalue weighted by atomic mass is 79.9. The van der Waals surface area contributed by atoms with E-state index in [0.717, 1.165) is 11.8 Å². The van der Waals surface area contributed by atoms with E-state index in [9.17, 15) is 14.0 Å². The normalized spacial score (nSPS) is 10.2. The van der Waals surface area contributed by atoms with Crippen molar-refractivity contribution >= 4 is 39.6 Å². The summed E-state index contributed by atoms with van der Waals surface area (Å²) in [6, 6.07) is 7.85. The van der Waals surface area contributed by atoms with Gasteiger partial charge in [0.05, 0.1) is 17.9 Å². The summed E-state index contributed by atoms with van der Waals surface area (Å²) in [5.41, 5.74) is 0.408. The zero-order chi connectivity index (χ0) is 17.4. The standard InChI is InChI=1S/C16H14BrFN2O3S/c17-12-7-11(8-19-9-12)16(22)20-5-6-23-15(21)10-24-14-4-2-1-3-13(14)18/h1-4,7-9H,5-6,10H2,(H,20,22). The average molecular weight is 413 g/mol. The van der Waals surface area contributed by atoms with Crippen LogP contribution in [0.5, 0.6) is 0 Å². The van der Waals surface area contributed by atoms with Crippen LogP contribution in [-0.2, 0) is 9.53 Å². The molecular formula is C16H14BrFN2O3S. The molecule has 24 heavy (non-hydrogen) atoms. The highest BCUT2D eigenvalue weighted by Gasteiger charge is 2.09. The zero-order valence-electron chi connectivity index (χ0n) is 12.5. The van der Waals surface area contributed by atoms with Crippen molar-refractivity contribution in [1.29, 1.82) is 0 Å². The number of rotatable bonds is 7. The van der Waals surface area contributed by atoms with E-state index in [1.165, 1.54) is 12.3 Å². The van der Waals surface area contributed by atoms with Crippen LogP contribution in [0.3, 0.4) is 0 Å². The highest BCUT2D eigenvalue weighted by Crippen LogP contribution is 2.20. The third kappa shape index (κ3) is 5.93. The Morgan fingerprint density at radius 1 is 1.29 bits per heavy atom. The lowest BCUT2D eigenvalue weighted by molar-refractivity contribution is -0.140. The Balaban J connectivity index is 1.66. The number of carbonyl (C=O) groups is 2. The fraction of sp³-hybridized carbons (Fsp3) is 0.188. The van der Waals surface area contributed by atoms with Crippen molar-refractivity contribution in [3.63, 3.8) is 0 Å². The summed E-state index contributed by atoms with van der Waals surface area (Å²) >= 11 is 4.30. The second kappa shape index (κ2) is 9.39. The van der Waals surface area contributed by atoms with Crippen LogP contribution < -0.4 is 5.32 Å². The highest BCUT2D eigenvalue weighted by molar-refractivity contribution is 9.10. The van der Waals surface area contributed by atoms with Crippen molar-refractivity contribution in [2.45, 2.75) is 4.90 Å². The van der Waals surface area contributed by atoms with Gasteiger partial charge in [0.2, 0.25) is 0 Å². The van der Waals surface area contributed by atoms with Crippen LogP contribution >= 0.6 is 27.7 Å². The first-order valence-electron chi connectivity index (χ1n) is 6.98. The first-order chi connectivity index (χ1) is 11.6. The number of benzene rings is 1. The summed E-state index contributed by atoms with van der Waals surface area (Å²) in [7, 11) is 0. The molecule has 126 valence electrons. The number of amides is 1. The van der Waals surface area contributed by atoms with Gasteiger partial charge in [0.25, 0.3) is 5.91 Å². The van der Waals surface area contributed by atoms with Crippen molar-refractivity contribution in [2.24, 2.45) is 0 Å². The van der Waals surface area contributed by atoms with Crippen LogP contribution in [0.4, 0.5) is 4.39 Å². The molecule has 0 spiro atoms. The Bertz CT molecular complexity index is 730. The van der Waals surface area contributed by atoms with E-state index in [0.29, 0.717) is 14.9 Å². The van der Waals surface area contributed by atoms with E-state index in [2.05, 4.69) is 26.2 Å². The summed E-state index contributed by atoms with van der Waals surface area (Å²) in [4.78, 5) is 27.7. The van der Waals surface area contributed by atoms with Gasteiger partial charge in [-0.25, -0.2) is 4.39 Å². The summed E-state index contributed by atoms with van der Waals surface area (Å²) < 4.78 is 19.1. The second-order valence-corrected chi connectivity index (χ2v) is 6.52. The molecular weight excluding hydrogens is 399 g/mol. The van der Waals surface area contributed by atoms with Crippen molar-refractivity contribution in [3.8, 4) is 0 Å². The number of hydrogen-bond donors (Lipinski definition) is 1. The summed E-state index contributed by atoms with van der Waals surface area (Å²) in [6.45, 7) is 0.227. The van der Waals surface area contributed by atoms with Crippen molar-refractivity contribution < 1.29 is 18.7 Å². The van der Waals surface area contributed by atoms with E-state index in [4.69, 9.17) is 4.74 Å². The molecule has 0 bridgehead atoms. The van der Waals surface area contributed by atoms with Crippen LogP contribution in [0, 0.1) is 5.82 Å². The lowest BCUT2D eigenvalue weighted by atomic mass is 10.3. The Labute approximate surface area is 151 Å². The van der Waals surface area contributed by atoms with Gasteiger partial charge in [0.15, 0.2) is 0 Å². The molecule has 1 amide bonds. The molecule has 1 heterocycles. The van der Waals surface area contributed by atoms with E-state index in [-0.39, 0.29) is 30.6 Å². The van der Waals surface area contributed by atoms with Crippen LogP contribution in [0.1, 0.15) is 10.4 Å². The van der Waals surface area contributed by atoms with Gasteiger partial charge in [-0.2, -0.15) is 0 Å². The van der Waals surface area contributed by atoms with Gasteiger partial charge in [-0.05, 0) is 34.1 Å². The molecule has 0 aliphatic heterocycles. The van der Waals surface area contributed by atoms with Crippen molar-refractivity contribution in [1.82, 2.24) is 10.3 Å². The van der Waals surface area contributed by atoms with Gasteiger partial charge in [-0.3, -0.25) is 14.6 Å². The third-order valence-corrected chi connectivity index (χ3v) is 4.26. The smallest absolute Gasteiger partial charge is 0.316 e. The maximum atomic E-state index is 13.4. The largest absolute Gasteiger partial charge is 0.463 e. The van der Waals surface area contributed by atoms with Gasteiger partial charge in [0.1, 0.15) is 12.4 Å². The topological polar surface area (TPSA) is 68.3 Å². The summed E-state index contributed by atoms with van der Waals surface area (Å²) in [5, 5.41) is 2.62. The molecule has 0 saturated carbocycles. The Morgan fingerprint density at radius 3 is 2.83 bits per heavy atom. The number of nitrogens with zero attached hydrogens (tertiary/aromatic N) is 1. The predicted octanol–water partition coefficient (Wildman–Crippen LogP) is 3.05. The number of ether oxygens (including phenoxy) is 1. The van der Waals surface area contributed by atoms with Gasteiger partial charge in [0, 0.05) is 21.8 Å². The fourth-order valence-corrected chi connectivity index (χ4v) is 2.81. The van der Waals surface area contributed by atoms with Gasteiger partial charge < -0.3 is 10.1 Å². The number of carbonyl (C=O) groups excluding carboxylic acids is 2. The Hall–Kier alpha value is -1.93. The lowest BCUT2D eigenvalue weighted by Crippen LogP contribution is -2.28. The van der Waals surface area contributed by atoms with E-state index < -0.39 is 5.97 Å². The molecule has 1 N–H and O–H groups in total. The van der Waals surface area contributed by atoms with E-state index >= 15 is 0 Å². The first-order valence-corrected chi connectivity index (χ1v) is 8.76. The van der Waals surface area contributed by atoms with E-state index in [1.807, 2.05) is 0 Å². The van der Waals surface area contributed by atoms with Crippen LogP contribution in [0.15, 0.2) is 52.1 Å². The molecule has 5 nitrogen and oxygen atoms in total. The minimum Gasteiger partial charge on any atom is -0.463 e. The summed E-state index contributed by atoms with van der Waals surface area (Å²) in [5.74, 6) is -1.14. The number of thioether (sulfide) groups is 1. The molecule has 0 aliphatic carbocycles. The molecule has 1 aromatic heterocycles. The van der Waals surface area contributed by atoms with Crippen LogP contribution in [0.25, 0.3) is 0 Å². The van der Waals surface area contributed by atoms with Crippen LogP contribution in [-0.4, -0.2) is 35.8 Å². The maximum absolute atomic E-state index is 13.4. The molecule has 0 atom stereocenters. The average Bonchev–Trinajstić information content (AvgIpc) is 2.58. The third-order valence-electron chi connectivity index (χ3n) is 2.80. The molecule has 0 saturated heterocycles. The van der Waals surface area contributed by atoms with Crippen molar-refractivity contribution in [3.05, 3.63) is 58.6 Å². The number of halogens is 2. The predicted molar refractivity (Wildman–Crippen MR) is 92.4 cm³/mol. The number of aromatic nitrogens is 1. The van der Waals surface area contributed by atoms with Crippen molar-refractivity contribution in [2.75, 3.05) is 18.9 Å².